The first-order valence-electron chi connectivity index (χ1n) is 10.7. The van der Waals surface area contributed by atoms with Gasteiger partial charge >= 0.3 is 0 Å². The van der Waals surface area contributed by atoms with Gasteiger partial charge in [0, 0.05) is 6.07 Å². The number of hydrogen-bond donors (Lipinski definition) is 2. The Morgan fingerprint density at radius 2 is 1.74 bits per heavy atom. The summed E-state index contributed by atoms with van der Waals surface area (Å²) in [6, 6.07) is 19.2. The molecule has 0 spiro atoms. The minimum Gasteiger partial charge on any atom is -0.507 e. The molecule has 0 saturated carbocycles. The first-order chi connectivity index (χ1) is 16.7. The maximum atomic E-state index is 12.6. The number of phenolic OH excluding ortho intramolecular Hbond substituents is 1. The second kappa shape index (κ2) is 12.0. The molecule has 0 saturated heterocycles. The molecule has 0 heterocycles. The Balaban J connectivity index is 1.64. The van der Waals surface area contributed by atoms with E-state index in [1.807, 2.05) is 30.3 Å². The van der Waals surface area contributed by atoms with E-state index < -0.39 is 21.7 Å². The SMILES string of the molecule is COc1ccc(C=CC(=O)c2ccc(OCCCS(=O)(=O)O)cc2O)cc1OCc1ccccc1. The van der Waals surface area contributed by atoms with Crippen molar-refractivity contribution in [3.8, 4) is 23.0 Å². The van der Waals surface area contributed by atoms with Crippen LogP contribution in [0, 0.1) is 0 Å². The molecule has 0 aromatic heterocycles. The second-order valence-corrected chi connectivity index (χ2v) is 9.12. The van der Waals surface area contributed by atoms with E-state index in [-0.39, 0.29) is 30.1 Å². The van der Waals surface area contributed by atoms with Gasteiger partial charge in [-0.25, -0.2) is 0 Å². The molecule has 0 aliphatic carbocycles. The van der Waals surface area contributed by atoms with E-state index in [0.717, 1.165) is 5.56 Å². The predicted molar refractivity (Wildman–Crippen MR) is 132 cm³/mol. The van der Waals surface area contributed by atoms with Gasteiger partial charge in [0.15, 0.2) is 17.3 Å². The first kappa shape index (κ1) is 25.8. The van der Waals surface area contributed by atoms with E-state index in [1.165, 1.54) is 24.3 Å². The zero-order valence-electron chi connectivity index (χ0n) is 19.1. The Kier molecular flexibility index (Phi) is 8.88. The highest BCUT2D eigenvalue weighted by Crippen LogP contribution is 2.30. The van der Waals surface area contributed by atoms with E-state index in [2.05, 4.69) is 0 Å². The number of methoxy groups -OCH3 is 1. The Bertz CT molecular complexity index is 1280. The van der Waals surface area contributed by atoms with Gasteiger partial charge in [0.05, 0.1) is 25.0 Å². The van der Waals surface area contributed by atoms with Crippen LogP contribution in [0.5, 0.6) is 23.0 Å². The van der Waals surface area contributed by atoms with Gasteiger partial charge in [0.1, 0.15) is 18.1 Å². The molecule has 0 bridgehead atoms. The van der Waals surface area contributed by atoms with Gasteiger partial charge in [-0.05, 0) is 47.9 Å². The lowest BCUT2D eigenvalue weighted by Gasteiger charge is -2.11. The van der Waals surface area contributed by atoms with Crippen LogP contribution in [-0.2, 0) is 16.7 Å². The number of rotatable bonds is 12. The molecule has 0 fully saturated rings. The fourth-order valence-corrected chi connectivity index (χ4v) is 3.63. The molecule has 0 aliphatic heterocycles. The summed E-state index contributed by atoms with van der Waals surface area (Å²) >= 11 is 0. The summed E-state index contributed by atoms with van der Waals surface area (Å²) in [6.07, 6.45) is 3.03. The molecule has 0 amide bonds. The van der Waals surface area contributed by atoms with Crippen molar-refractivity contribution in [1.82, 2.24) is 0 Å². The van der Waals surface area contributed by atoms with Gasteiger partial charge in [-0.1, -0.05) is 42.5 Å². The molecule has 0 aliphatic rings. The molecule has 184 valence electrons. The Labute approximate surface area is 204 Å². The van der Waals surface area contributed by atoms with Crippen LogP contribution in [0.3, 0.4) is 0 Å². The average Bonchev–Trinajstić information content (AvgIpc) is 2.84. The lowest BCUT2D eigenvalue weighted by molar-refractivity contribution is 0.104. The number of ether oxygens (including phenoxy) is 3. The third-order valence-corrected chi connectivity index (χ3v) is 5.71. The van der Waals surface area contributed by atoms with Crippen molar-refractivity contribution in [3.05, 3.63) is 89.5 Å². The summed E-state index contributed by atoms with van der Waals surface area (Å²) < 4.78 is 46.8. The summed E-state index contributed by atoms with van der Waals surface area (Å²) in [5, 5.41) is 10.2. The molecule has 2 N–H and O–H groups in total. The molecule has 3 aromatic rings. The van der Waals surface area contributed by atoms with Gasteiger partial charge in [0.2, 0.25) is 0 Å². The van der Waals surface area contributed by atoms with Crippen molar-refractivity contribution >= 4 is 22.0 Å². The zero-order chi connectivity index (χ0) is 25.3. The number of carbonyl (C=O) groups is 1. The molecule has 3 rings (SSSR count). The highest BCUT2D eigenvalue weighted by molar-refractivity contribution is 7.85. The number of hydrogen-bond acceptors (Lipinski definition) is 7. The fourth-order valence-electron chi connectivity index (χ4n) is 3.15. The lowest BCUT2D eigenvalue weighted by atomic mass is 10.1. The summed E-state index contributed by atoms with van der Waals surface area (Å²) in [5.74, 6) is 0.258. The standard InChI is InChI=1S/C26H26O8S/c1-32-25-13-9-19(16-26(25)34-18-20-6-3-2-4-7-20)8-12-23(27)22-11-10-21(17-24(22)28)33-14-5-15-35(29,30)31/h2-4,6-13,16-17,28H,5,14-15,18H2,1H3,(H,29,30,31). The molecule has 0 atom stereocenters. The van der Waals surface area contributed by atoms with Gasteiger partial charge in [0.25, 0.3) is 10.1 Å². The minimum absolute atomic E-state index is 0.0264. The zero-order valence-corrected chi connectivity index (χ0v) is 19.9. The predicted octanol–water partition coefficient (Wildman–Crippen LogP) is 4.53. The van der Waals surface area contributed by atoms with E-state index in [9.17, 15) is 18.3 Å². The van der Waals surface area contributed by atoms with Crippen LogP contribution in [-0.4, -0.2) is 43.3 Å². The van der Waals surface area contributed by atoms with Crippen LogP contribution < -0.4 is 14.2 Å². The quantitative estimate of drug-likeness (QED) is 0.162. The number of aromatic hydroxyl groups is 1. The van der Waals surface area contributed by atoms with Crippen molar-refractivity contribution in [2.45, 2.75) is 13.0 Å². The van der Waals surface area contributed by atoms with Crippen LogP contribution in [0.2, 0.25) is 0 Å². The highest BCUT2D eigenvalue weighted by atomic mass is 32.2. The van der Waals surface area contributed by atoms with Crippen LogP contribution >= 0.6 is 0 Å². The number of ketones is 1. The molecule has 0 radical (unpaired) electrons. The molecular formula is C26H26O8S. The molecule has 35 heavy (non-hydrogen) atoms. The summed E-state index contributed by atoms with van der Waals surface area (Å²) in [7, 11) is -2.50. The van der Waals surface area contributed by atoms with E-state index in [4.69, 9.17) is 18.8 Å². The fraction of sp³-hybridized carbons (Fsp3) is 0.192. The van der Waals surface area contributed by atoms with E-state index in [1.54, 1.807) is 31.4 Å². The highest BCUT2D eigenvalue weighted by Gasteiger charge is 2.11. The van der Waals surface area contributed by atoms with Gasteiger partial charge in [-0.2, -0.15) is 8.42 Å². The molecule has 0 unspecified atom stereocenters. The van der Waals surface area contributed by atoms with Crippen LogP contribution in [0.4, 0.5) is 0 Å². The number of phenols is 1. The summed E-state index contributed by atoms with van der Waals surface area (Å²) in [5.41, 5.74) is 1.80. The normalized spacial score (nSPS) is 11.4. The minimum atomic E-state index is -4.05. The molecule has 3 aromatic carbocycles. The van der Waals surface area contributed by atoms with Crippen molar-refractivity contribution in [2.24, 2.45) is 0 Å². The topological polar surface area (TPSA) is 119 Å². The number of benzene rings is 3. The largest absolute Gasteiger partial charge is 0.507 e. The Morgan fingerprint density at radius 1 is 0.971 bits per heavy atom. The maximum Gasteiger partial charge on any atom is 0.264 e. The Morgan fingerprint density at radius 3 is 2.43 bits per heavy atom. The Hall–Kier alpha value is -3.82. The molecule has 8 nitrogen and oxygen atoms in total. The monoisotopic (exact) mass is 498 g/mol. The average molecular weight is 499 g/mol. The van der Waals surface area contributed by atoms with Gasteiger partial charge in [-0.15, -0.1) is 0 Å². The van der Waals surface area contributed by atoms with Gasteiger partial charge < -0.3 is 19.3 Å². The smallest absolute Gasteiger partial charge is 0.264 e. The van der Waals surface area contributed by atoms with Crippen LogP contribution in [0.1, 0.15) is 27.9 Å². The number of allylic oxidation sites excluding steroid dienone is 1. The van der Waals surface area contributed by atoms with Crippen molar-refractivity contribution < 1.29 is 37.1 Å². The second-order valence-electron chi connectivity index (χ2n) is 7.55. The maximum absolute atomic E-state index is 12.6. The molecule has 9 heteroatoms. The van der Waals surface area contributed by atoms with Crippen LogP contribution in [0.15, 0.2) is 72.8 Å². The first-order valence-corrected chi connectivity index (χ1v) is 12.3. The summed E-state index contributed by atoms with van der Waals surface area (Å²) in [6.45, 7) is 0.389. The van der Waals surface area contributed by atoms with Gasteiger partial charge in [-0.3, -0.25) is 9.35 Å². The van der Waals surface area contributed by atoms with Crippen molar-refractivity contribution in [2.75, 3.05) is 19.5 Å². The lowest BCUT2D eigenvalue weighted by Crippen LogP contribution is -2.08. The third-order valence-electron chi connectivity index (χ3n) is 4.90. The van der Waals surface area contributed by atoms with Crippen LogP contribution in [0.25, 0.3) is 6.08 Å². The summed E-state index contributed by atoms with van der Waals surface area (Å²) in [4.78, 5) is 12.6. The van der Waals surface area contributed by atoms with Crippen molar-refractivity contribution in [1.29, 1.82) is 0 Å². The third kappa shape index (κ3) is 8.16. The number of carbonyl (C=O) groups excluding carboxylic acids is 1. The van der Waals surface area contributed by atoms with E-state index in [0.29, 0.717) is 23.7 Å². The van der Waals surface area contributed by atoms with E-state index >= 15 is 0 Å². The van der Waals surface area contributed by atoms with Crippen molar-refractivity contribution in [3.63, 3.8) is 0 Å². The molecular weight excluding hydrogens is 472 g/mol.